The lowest BCUT2D eigenvalue weighted by molar-refractivity contribution is -0.129. The van der Waals surface area contributed by atoms with E-state index in [4.69, 9.17) is 21.1 Å². The van der Waals surface area contributed by atoms with Crippen molar-refractivity contribution >= 4 is 23.5 Å². The number of aliphatic hydroxyl groups excluding tert-OH is 1. The number of benzene rings is 2. The molecule has 1 amide bonds. The fraction of sp³-hybridized carbons (Fsp3) is 0.462. The highest BCUT2D eigenvalue weighted by atomic mass is 35.5. The number of carboxylic acids is 1. The van der Waals surface area contributed by atoms with Gasteiger partial charge < -0.3 is 25.0 Å². The van der Waals surface area contributed by atoms with Gasteiger partial charge in [-0.2, -0.15) is 0 Å². The topological polar surface area (TPSA) is 105 Å². The van der Waals surface area contributed by atoms with Crippen LogP contribution < -0.4 is 10.1 Å². The second-order valence-electron chi connectivity index (χ2n) is 9.42. The Morgan fingerprint density at radius 2 is 1.85 bits per heavy atom. The van der Waals surface area contributed by atoms with Gasteiger partial charge in [-0.25, -0.2) is 4.79 Å². The van der Waals surface area contributed by atoms with Crippen LogP contribution in [0.4, 0.5) is 0 Å². The molecule has 1 aliphatic rings. The monoisotopic (exact) mass is 489 g/mol. The van der Waals surface area contributed by atoms with Crippen LogP contribution in [0.3, 0.4) is 0 Å². The quantitative estimate of drug-likeness (QED) is 0.461. The van der Waals surface area contributed by atoms with E-state index in [0.717, 1.165) is 5.56 Å². The first kappa shape index (κ1) is 26.0. The Hall–Kier alpha value is -2.61. The summed E-state index contributed by atoms with van der Waals surface area (Å²) in [5.41, 5.74) is 1.00. The number of hydrogen-bond donors (Lipinski definition) is 3. The Labute approximate surface area is 205 Å². The van der Waals surface area contributed by atoms with E-state index in [9.17, 15) is 19.8 Å². The average molecular weight is 490 g/mol. The first-order valence-corrected chi connectivity index (χ1v) is 11.8. The van der Waals surface area contributed by atoms with Crippen LogP contribution in [0, 0.1) is 5.92 Å². The molecule has 0 aliphatic carbocycles. The molecule has 2 aromatic carbocycles. The lowest BCUT2D eigenvalue weighted by Gasteiger charge is -2.43. The molecular weight excluding hydrogens is 458 g/mol. The molecule has 3 N–H and O–H groups in total. The third-order valence-electron chi connectivity index (χ3n) is 5.80. The molecule has 0 radical (unpaired) electrons. The van der Waals surface area contributed by atoms with Crippen molar-refractivity contribution in [1.29, 1.82) is 0 Å². The van der Waals surface area contributed by atoms with Gasteiger partial charge in [-0.3, -0.25) is 4.79 Å². The Kier molecular flexibility index (Phi) is 8.57. The fourth-order valence-corrected chi connectivity index (χ4v) is 4.30. The molecule has 34 heavy (non-hydrogen) atoms. The summed E-state index contributed by atoms with van der Waals surface area (Å²) in [6.45, 7) is 6.24. The molecular formula is C26H32ClNO6. The first-order valence-electron chi connectivity index (χ1n) is 11.4. The summed E-state index contributed by atoms with van der Waals surface area (Å²) in [4.78, 5) is 24.1. The number of nitrogens with one attached hydrogen (secondary N) is 1. The highest BCUT2D eigenvalue weighted by molar-refractivity contribution is 6.30. The normalized spacial score (nSPS) is 22.4. The zero-order valence-electron chi connectivity index (χ0n) is 19.7. The molecule has 7 nitrogen and oxygen atoms in total. The van der Waals surface area contributed by atoms with Crippen LogP contribution >= 0.6 is 11.6 Å². The summed E-state index contributed by atoms with van der Waals surface area (Å²) in [6.07, 6.45) is 0.0137. The van der Waals surface area contributed by atoms with Crippen LogP contribution in [-0.4, -0.2) is 40.8 Å². The maximum Gasteiger partial charge on any atom is 0.335 e. The molecule has 3 atom stereocenters. The van der Waals surface area contributed by atoms with Crippen molar-refractivity contribution in [2.45, 2.75) is 57.8 Å². The number of carbonyl (C=O) groups excluding carboxylic acids is 1. The number of hydrogen-bond acceptors (Lipinski definition) is 5. The van der Waals surface area contributed by atoms with Gasteiger partial charge in [0.25, 0.3) is 0 Å². The Morgan fingerprint density at radius 3 is 2.47 bits per heavy atom. The molecule has 0 saturated carbocycles. The minimum absolute atomic E-state index is 0.00394. The van der Waals surface area contributed by atoms with Crippen LogP contribution in [0.2, 0.25) is 5.02 Å². The SMILES string of the molecule is CC(C)COc1ccc(C(=O)O)cc1[C@H]1C[C@@](C)(NC(=O)CCO)C[C@@H](c2ccc(Cl)cc2)O1. The largest absolute Gasteiger partial charge is 0.493 e. The van der Waals surface area contributed by atoms with E-state index in [1.165, 1.54) is 6.07 Å². The van der Waals surface area contributed by atoms with Crippen LogP contribution in [0.15, 0.2) is 42.5 Å². The molecule has 184 valence electrons. The van der Waals surface area contributed by atoms with Gasteiger partial charge >= 0.3 is 5.97 Å². The minimum atomic E-state index is -1.04. The summed E-state index contributed by atoms with van der Waals surface area (Å²) in [6, 6.07) is 12.1. The van der Waals surface area contributed by atoms with Gasteiger partial charge in [0.15, 0.2) is 0 Å². The molecule has 0 bridgehead atoms. The van der Waals surface area contributed by atoms with E-state index in [2.05, 4.69) is 5.32 Å². The predicted octanol–water partition coefficient (Wildman–Crippen LogP) is 4.92. The molecule has 1 saturated heterocycles. The van der Waals surface area contributed by atoms with E-state index in [1.807, 2.05) is 32.9 Å². The summed E-state index contributed by atoms with van der Waals surface area (Å²) >= 11 is 6.07. The highest BCUT2D eigenvalue weighted by Crippen LogP contribution is 2.46. The van der Waals surface area contributed by atoms with Crippen LogP contribution in [-0.2, 0) is 9.53 Å². The van der Waals surface area contributed by atoms with Crippen molar-refractivity contribution in [3.05, 3.63) is 64.2 Å². The van der Waals surface area contributed by atoms with Gasteiger partial charge in [-0.15, -0.1) is 0 Å². The second kappa shape index (κ2) is 11.2. The summed E-state index contributed by atoms with van der Waals surface area (Å²) in [5.74, 6) is -0.453. The van der Waals surface area contributed by atoms with Gasteiger partial charge in [-0.1, -0.05) is 37.6 Å². The molecule has 1 heterocycles. The maximum absolute atomic E-state index is 12.4. The summed E-state index contributed by atoms with van der Waals surface area (Å²) in [5, 5.41) is 22.4. The lowest BCUT2D eigenvalue weighted by atomic mass is 9.81. The third kappa shape index (κ3) is 6.72. The Morgan fingerprint density at radius 1 is 1.18 bits per heavy atom. The van der Waals surface area contributed by atoms with Crippen LogP contribution in [0.1, 0.15) is 73.7 Å². The number of carboxylic acid groups (broad SMARTS) is 1. The van der Waals surface area contributed by atoms with Crippen molar-refractivity contribution in [2.75, 3.05) is 13.2 Å². The van der Waals surface area contributed by atoms with Crippen molar-refractivity contribution < 1.29 is 29.3 Å². The Bertz CT molecular complexity index is 1010. The maximum atomic E-state index is 12.4. The van der Waals surface area contributed by atoms with E-state index in [0.29, 0.717) is 35.8 Å². The molecule has 0 unspecified atom stereocenters. The molecule has 8 heteroatoms. The fourth-order valence-electron chi connectivity index (χ4n) is 4.18. The molecule has 1 aliphatic heterocycles. The predicted molar refractivity (Wildman–Crippen MR) is 129 cm³/mol. The van der Waals surface area contributed by atoms with Gasteiger partial charge in [0.1, 0.15) is 5.75 Å². The standard InChI is InChI=1S/C26H32ClNO6/c1-16(2)15-33-21-9-6-18(25(31)32)12-20(21)23-14-26(3,28-24(30)10-11-29)13-22(34-23)17-4-7-19(27)8-5-17/h4-9,12,16,22-23,29H,10-11,13-15H2,1-3H3,(H,28,30)(H,31,32)/t22-,23+,26-/m0/s1. The minimum Gasteiger partial charge on any atom is -0.493 e. The number of halogens is 1. The highest BCUT2D eigenvalue weighted by Gasteiger charge is 2.41. The zero-order chi connectivity index (χ0) is 24.9. The number of aromatic carboxylic acids is 1. The van der Waals surface area contributed by atoms with Crippen molar-refractivity contribution in [2.24, 2.45) is 5.92 Å². The molecule has 1 fully saturated rings. The number of amides is 1. The number of ether oxygens (including phenoxy) is 2. The number of aliphatic hydroxyl groups is 1. The summed E-state index contributed by atoms with van der Waals surface area (Å²) < 4.78 is 12.5. The molecule has 3 rings (SSSR count). The molecule has 0 aromatic heterocycles. The number of carbonyl (C=O) groups is 2. The van der Waals surface area contributed by atoms with E-state index in [1.54, 1.807) is 24.3 Å². The molecule has 2 aromatic rings. The van der Waals surface area contributed by atoms with Crippen LogP contribution in [0.25, 0.3) is 0 Å². The van der Waals surface area contributed by atoms with Crippen molar-refractivity contribution in [3.63, 3.8) is 0 Å². The van der Waals surface area contributed by atoms with Crippen LogP contribution in [0.5, 0.6) is 5.75 Å². The van der Waals surface area contributed by atoms with Gasteiger partial charge in [0.2, 0.25) is 5.91 Å². The van der Waals surface area contributed by atoms with E-state index in [-0.39, 0.29) is 36.5 Å². The van der Waals surface area contributed by atoms with E-state index >= 15 is 0 Å². The van der Waals surface area contributed by atoms with E-state index < -0.39 is 17.6 Å². The Balaban J connectivity index is 2.01. The van der Waals surface area contributed by atoms with Crippen molar-refractivity contribution in [3.8, 4) is 5.75 Å². The van der Waals surface area contributed by atoms with Gasteiger partial charge in [0, 0.05) is 35.4 Å². The molecule has 0 spiro atoms. The van der Waals surface area contributed by atoms with Crippen molar-refractivity contribution in [1.82, 2.24) is 5.32 Å². The lowest BCUT2D eigenvalue weighted by Crippen LogP contribution is -2.51. The average Bonchev–Trinajstić information content (AvgIpc) is 2.77. The first-order chi connectivity index (χ1) is 16.1. The smallest absolute Gasteiger partial charge is 0.335 e. The zero-order valence-corrected chi connectivity index (χ0v) is 20.5. The third-order valence-corrected chi connectivity index (χ3v) is 6.05. The summed E-state index contributed by atoms with van der Waals surface area (Å²) in [7, 11) is 0. The van der Waals surface area contributed by atoms with Gasteiger partial charge in [0.05, 0.1) is 31.0 Å². The van der Waals surface area contributed by atoms with Gasteiger partial charge in [-0.05, 0) is 48.7 Å². The number of rotatable bonds is 9. The second-order valence-corrected chi connectivity index (χ2v) is 9.85.